The number of hydrogen-bond acceptors (Lipinski definition) is 12. The van der Waals surface area contributed by atoms with Gasteiger partial charge >= 0.3 is 12.2 Å². The number of amidine groups is 2. The van der Waals surface area contributed by atoms with Crippen molar-refractivity contribution in [2.75, 3.05) is 65.8 Å². The van der Waals surface area contributed by atoms with Crippen molar-refractivity contribution in [3.05, 3.63) is 91.2 Å². The lowest BCUT2D eigenvalue weighted by molar-refractivity contribution is 0.0915. The number of benzene rings is 2. The smallest absolute Gasteiger partial charge is 0.414 e. The van der Waals surface area contributed by atoms with Crippen LogP contribution in [0.3, 0.4) is 0 Å². The molecule has 15 nitrogen and oxygen atoms in total. The maximum Gasteiger partial charge on any atom is 0.414 e. The van der Waals surface area contributed by atoms with Crippen molar-refractivity contribution in [3.63, 3.8) is 0 Å². The fourth-order valence-corrected chi connectivity index (χ4v) is 7.77. The van der Waals surface area contributed by atoms with E-state index in [2.05, 4.69) is 32.8 Å². The molecule has 2 aromatic carbocycles. The van der Waals surface area contributed by atoms with Crippen molar-refractivity contribution in [3.8, 4) is 0 Å². The summed E-state index contributed by atoms with van der Waals surface area (Å²) in [6.07, 6.45) is -0.562. The summed E-state index contributed by atoms with van der Waals surface area (Å²) in [5.41, 5.74) is 8.30. The number of thiophene rings is 2. The van der Waals surface area contributed by atoms with Gasteiger partial charge in [-0.05, 0) is 93.1 Å². The number of nitrogens with two attached hydrogens (primary N) is 1. The first-order chi connectivity index (χ1) is 27.8. The largest absolute Gasteiger partial charge is 0.442 e. The van der Waals surface area contributed by atoms with Gasteiger partial charge < -0.3 is 36.1 Å². The number of anilines is 4. The molecule has 2 saturated heterocycles. The molecule has 3 aliphatic rings. The van der Waals surface area contributed by atoms with E-state index >= 15 is 0 Å². The van der Waals surface area contributed by atoms with Crippen LogP contribution in [0.4, 0.5) is 32.3 Å². The molecule has 7 rings (SSSR count). The Morgan fingerprint density at radius 3 is 1.60 bits per heavy atom. The van der Waals surface area contributed by atoms with E-state index < -0.39 is 18.3 Å². The number of amides is 4. The highest BCUT2D eigenvalue weighted by molar-refractivity contribution is 7.18. The van der Waals surface area contributed by atoms with Gasteiger partial charge in [0.1, 0.15) is 18.0 Å². The lowest BCUT2D eigenvalue weighted by atomic mass is 10.2. The lowest BCUT2D eigenvalue weighted by Crippen LogP contribution is -2.34. The van der Waals surface area contributed by atoms with Crippen molar-refractivity contribution in [2.45, 2.75) is 39.4 Å². The van der Waals surface area contributed by atoms with Crippen LogP contribution in [0.5, 0.6) is 0 Å². The van der Waals surface area contributed by atoms with Crippen LogP contribution in [0.25, 0.3) is 0 Å². The van der Waals surface area contributed by atoms with Gasteiger partial charge in [-0.25, -0.2) is 9.59 Å². The van der Waals surface area contributed by atoms with Crippen LogP contribution in [-0.2, 0) is 9.47 Å². The van der Waals surface area contributed by atoms with Crippen LogP contribution in [-0.4, -0.2) is 93.7 Å². The Hall–Kier alpha value is -5.36. The zero-order valence-corrected chi connectivity index (χ0v) is 35.3. The molecule has 5 heterocycles. The van der Waals surface area contributed by atoms with E-state index in [-0.39, 0.29) is 36.8 Å². The number of halogens is 2. The molecule has 58 heavy (non-hydrogen) atoms. The van der Waals surface area contributed by atoms with Gasteiger partial charge in [0.15, 0.2) is 0 Å². The molecule has 2 atom stereocenters. The van der Waals surface area contributed by atoms with E-state index in [9.17, 15) is 19.2 Å². The summed E-state index contributed by atoms with van der Waals surface area (Å²) in [5, 5.41) is 15.1. The fraction of sp³-hybridized carbons (Fsp3) is 0.333. The molecule has 2 fully saturated rings. The van der Waals surface area contributed by atoms with Crippen molar-refractivity contribution in [1.82, 2.24) is 10.6 Å². The number of rotatable bonds is 12. The van der Waals surface area contributed by atoms with E-state index in [4.69, 9.17) is 43.8 Å². The third-order valence-corrected chi connectivity index (χ3v) is 11.1. The van der Waals surface area contributed by atoms with E-state index in [0.717, 1.165) is 54.6 Å². The molecule has 0 unspecified atom stereocenters. The first-order valence-electron chi connectivity index (χ1n) is 18.4. The molecule has 3 aliphatic heterocycles. The Morgan fingerprint density at radius 2 is 1.22 bits per heavy atom. The molecule has 0 radical (unpaired) electrons. The van der Waals surface area contributed by atoms with Gasteiger partial charge in [-0.1, -0.05) is 30.1 Å². The molecule has 2 aromatic heterocycles. The average Bonchev–Trinajstić information content (AvgIpc) is 4.06. The fourth-order valence-electron chi connectivity index (χ4n) is 5.85. The van der Waals surface area contributed by atoms with Crippen molar-refractivity contribution >= 4 is 104 Å². The summed E-state index contributed by atoms with van der Waals surface area (Å²) in [5.74, 6) is 0.720. The second-order valence-electron chi connectivity index (χ2n) is 13.1. The topological polar surface area (TPSA) is 195 Å². The lowest BCUT2D eigenvalue weighted by Gasteiger charge is -2.20. The van der Waals surface area contributed by atoms with Crippen molar-refractivity contribution in [2.24, 2.45) is 10.7 Å². The van der Waals surface area contributed by atoms with Crippen LogP contribution in [0.15, 0.2) is 77.8 Å². The summed E-state index contributed by atoms with van der Waals surface area (Å²) in [6, 6.07) is 22.1. The minimum Gasteiger partial charge on any atom is -0.442 e. The monoisotopic (exact) mass is 869 g/mol. The number of cyclic esters (lactones) is 2. The van der Waals surface area contributed by atoms with Gasteiger partial charge in [-0.3, -0.25) is 29.8 Å². The predicted octanol–water partition coefficient (Wildman–Crippen LogP) is 7.32. The molecule has 0 bridgehead atoms. The Labute approximate surface area is 354 Å². The zero-order valence-electron chi connectivity index (χ0n) is 32.1. The number of hydrogen-bond donors (Lipinski definition) is 5. The summed E-state index contributed by atoms with van der Waals surface area (Å²) < 4.78 is 11.9. The third kappa shape index (κ3) is 12.3. The highest BCUT2D eigenvalue weighted by atomic mass is 35.5. The van der Waals surface area contributed by atoms with Crippen LogP contribution in [0.2, 0.25) is 8.67 Å². The minimum atomic E-state index is -0.412. The molecule has 0 aliphatic carbocycles. The van der Waals surface area contributed by atoms with E-state index in [0.29, 0.717) is 31.5 Å². The molecule has 0 spiro atoms. The molecule has 19 heteroatoms. The minimum absolute atomic E-state index is 0.167. The van der Waals surface area contributed by atoms with Crippen LogP contribution in [0, 0.1) is 5.41 Å². The average molecular weight is 871 g/mol. The van der Waals surface area contributed by atoms with Crippen LogP contribution in [0.1, 0.15) is 46.5 Å². The second-order valence-corrected chi connectivity index (χ2v) is 16.5. The predicted molar refractivity (Wildman–Crippen MR) is 233 cm³/mol. The van der Waals surface area contributed by atoms with Crippen molar-refractivity contribution < 1.29 is 28.7 Å². The number of ether oxygens (including phenoxy) is 2. The number of carbonyl (C=O) groups excluding carboxylic acids is 4. The Kier molecular flexibility index (Phi) is 15.8. The second kappa shape index (κ2) is 20.9. The summed E-state index contributed by atoms with van der Waals surface area (Å²) in [4.78, 5) is 59.3. The number of aliphatic imine (C=N–C) groups is 1. The number of carbonyl (C=O) groups is 4. The first-order valence-corrected chi connectivity index (χ1v) is 20.8. The van der Waals surface area contributed by atoms with E-state index in [1.165, 1.54) is 29.6 Å². The Morgan fingerprint density at radius 1 is 0.793 bits per heavy atom. The number of nitrogens with zero attached hydrogens (tertiary/aromatic N) is 4. The van der Waals surface area contributed by atoms with Gasteiger partial charge in [0, 0.05) is 35.8 Å². The quantitative estimate of drug-likeness (QED) is 0.0717. The van der Waals surface area contributed by atoms with Gasteiger partial charge in [0.2, 0.25) is 0 Å². The zero-order chi connectivity index (χ0) is 41.8. The van der Waals surface area contributed by atoms with Gasteiger partial charge in [-0.15, -0.1) is 22.7 Å². The summed E-state index contributed by atoms with van der Waals surface area (Å²) in [6.45, 7) is 9.48. The molecular weight excluding hydrogens is 826 g/mol. The highest BCUT2D eigenvalue weighted by Gasteiger charge is 2.34. The molecule has 0 saturated carbocycles. The van der Waals surface area contributed by atoms with Gasteiger partial charge in [0.05, 0.1) is 57.0 Å². The Bertz CT molecular complexity index is 2090. The van der Waals surface area contributed by atoms with Crippen LogP contribution >= 0.6 is 45.9 Å². The highest BCUT2D eigenvalue weighted by Crippen LogP contribution is 2.27. The standard InChI is InChI=1S/C19H19ClN4O3S.C18H20ClN3O3S.C2H6N2/c1-12-21-8-9-23(12)13-2-4-14(5-3-13)24-11-15(27-19(24)26)10-22-18(25)16-6-7-17(20)28-16;1-2-9-20-12-3-5-13(6-4-12)22-11-14(25-18(22)24)10-21-17(23)15-7-8-16(19)26-15;1-2(3)4/h2-7,15H,8-11H2,1H3,(H,22,25);3-8,14,20H,2,9-11H2,1H3,(H,21,23);1H3,(H3,3,4)/t15-;14-;/m00./s1. The van der Waals surface area contributed by atoms with Crippen molar-refractivity contribution in [1.29, 1.82) is 5.41 Å². The molecular formula is C39H45Cl2N9O6S2. The van der Waals surface area contributed by atoms with Crippen LogP contribution < -0.4 is 36.4 Å². The van der Waals surface area contributed by atoms with E-state index in [1.807, 2.05) is 55.5 Å². The van der Waals surface area contributed by atoms with Gasteiger partial charge in [0.25, 0.3) is 11.8 Å². The molecule has 4 amide bonds. The van der Waals surface area contributed by atoms with E-state index in [1.54, 1.807) is 34.1 Å². The first kappa shape index (κ1) is 43.8. The normalized spacial score (nSPS) is 17.0. The Balaban J connectivity index is 0.000000203. The number of nitrogens with one attached hydrogen (secondary N) is 4. The summed E-state index contributed by atoms with van der Waals surface area (Å²) >= 11 is 14.1. The summed E-state index contributed by atoms with van der Waals surface area (Å²) in [7, 11) is 0. The molecule has 6 N–H and O–H groups in total. The SMILES string of the molecule is CC(=N)N.CC1=NCCN1c1ccc(N2C[C@H](CNC(=O)c3ccc(Cl)s3)OC2=O)cc1.CCCNc1ccc(N2C[C@H](CNC(=O)c3ccc(Cl)s3)OC2=O)cc1. The van der Waals surface area contributed by atoms with Gasteiger partial charge in [-0.2, -0.15) is 0 Å². The maximum atomic E-state index is 12.2. The molecule has 308 valence electrons. The molecule has 4 aromatic rings. The third-order valence-electron chi connectivity index (χ3n) is 8.61. The maximum absolute atomic E-state index is 12.2.